The molecule has 1 N–H and O–H groups in total. The van der Waals surface area contributed by atoms with Crippen LogP contribution < -0.4 is 0 Å². The number of carboxylic acid groups (broad SMARTS) is 1. The lowest BCUT2D eigenvalue weighted by molar-refractivity contribution is -0.122. The molecule has 2 nitrogen and oxygen atoms in total. The van der Waals surface area contributed by atoms with Gasteiger partial charge in [0.25, 0.3) is 6.47 Å². The molecule has 4 heteroatoms. The van der Waals surface area contributed by atoms with Gasteiger partial charge in [0, 0.05) is 0 Å². The Hall–Kier alpha value is -0.210. The highest BCUT2D eigenvalue weighted by molar-refractivity contribution is 6.55. The molecule has 0 saturated heterocycles. The van der Waals surface area contributed by atoms with Crippen LogP contribution in [0.3, 0.4) is 0 Å². The van der Waals surface area contributed by atoms with Crippen LogP contribution in [0.1, 0.15) is 20.3 Å². The molecule has 1 aliphatic carbocycles. The lowest BCUT2D eigenvalue weighted by atomic mass is 10.1. The van der Waals surface area contributed by atoms with E-state index >= 15 is 0 Å². The Morgan fingerprint density at radius 1 is 1.58 bits per heavy atom. The lowest BCUT2D eigenvalue weighted by Crippen LogP contribution is -1.85. The van der Waals surface area contributed by atoms with E-state index in [1.807, 2.05) is 6.08 Å². The van der Waals surface area contributed by atoms with Crippen LogP contribution in [0.15, 0.2) is 10.6 Å². The second-order valence-electron chi connectivity index (χ2n) is 3.36. The average molecular weight is 211 g/mol. The van der Waals surface area contributed by atoms with E-state index in [9.17, 15) is 0 Å². The predicted octanol–water partition coefficient (Wildman–Crippen LogP) is 3.05. The number of carbonyl (C=O) groups is 1. The molecule has 0 radical (unpaired) electrons. The molecule has 1 fully saturated rings. The van der Waals surface area contributed by atoms with Crippen molar-refractivity contribution in [2.75, 3.05) is 0 Å². The highest BCUT2D eigenvalue weighted by Crippen LogP contribution is 2.53. The van der Waals surface area contributed by atoms with Crippen molar-refractivity contribution in [1.82, 2.24) is 0 Å². The van der Waals surface area contributed by atoms with E-state index in [1.54, 1.807) is 0 Å². The van der Waals surface area contributed by atoms with Crippen LogP contribution in [0.2, 0.25) is 0 Å². The molecule has 12 heavy (non-hydrogen) atoms. The molecular weight excluding hydrogens is 199 g/mol. The first-order chi connectivity index (χ1) is 5.44. The molecule has 1 rings (SSSR count). The molecule has 0 aromatic rings. The standard InChI is InChI=1S/C7H10Cl2.CH2O2/c1-7(2)4-5(7)3-6(8)9;2-1-3/h3,5H,4H2,1-2H3;1H,(H,2,3)/t5-;/m1./s1. The number of rotatable bonds is 1. The fourth-order valence-electron chi connectivity index (χ4n) is 0.944. The van der Waals surface area contributed by atoms with Gasteiger partial charge in [-0.1, -0.05) is 43.1 Å². The molecule has 0 aromatic heterocycles. The molecule has 1 aliphatic rings. The van der Waals surface area contributed by atoms with Gasteiger partial charge in [0.2, 0.25) is 0 Å². The van der Waals surface area contributed by atoms with Crippen molar-refractivity contribution in [2.45, 2.75) is 20.3 Å². The van der Waals surface area contributed by atoms with Crippen LogP contribution in [-0.4, -0.2) is 11.6 Å². The van der Waals surface area contributed by atoms with Crippen LogP contribution in [0, 0.1) is 11.3 Å². The minimum absolute atomic E-state index is 0.250. The lowest BCUT2D eigenvalue weighted by Gasteiger charge is -1.94. The Morgan fingerprint density at radius 3 is 2.00 bits per heavy atom. The topological polar surface area (TPSA) is 37.3 Å². The summed E-state index contributed by atoms with van der Waals surface area (Å²) in [6.07, 6.45) is 3.14. The van der Waals surface area contributed by atoms with E-state index in [-0.39, 0.29) is 6.47 Å². The largest absolute Gasteiger partial charge is 0.483 e. The highest BCUT2D eigenvalue weighted by Gasteiger charge is 2.43. The normalized spacial score (nSPS) is 23.2. The minimum atomic E-state index is -0.250. The van der Waals surface area contributed by atoms with Gasteiger partial charge in [-0.25, -0.2) is 0 Å². The average Bonchev–Trinajstić information content (AvgIpc) is 2.39. The molecule has 1 saturated carbocycles. The molecule has 0 unspecified atom stereocenters. The second-order valence-corrected chi connectivity index (χ2v) is 4.37. The zero-order chi connectivity index (χ0) is 9.78. The third-order valence-corrected chi connectivity index (χ3v) is 2.17. The van der Waals surface area contributed by atoms with Gasteiger partial charge in [0.05, 0.1) is 0 Å². The Morgan fingerprint density at radius 2 is 1.92 bits per heavy atom. The quantitative estimate of drug-likeness (QED) is 0.676. The van der Waals surface area contributed by atoms with E-state index in [0.717, 1.165) is 0 Å². The van der Waals surface area contributed by atoms with Gasteiger partial charge >= 0.3 is 0 Å². The summed E-state index contributed by atoms with van der Waals surface area (Å²) in [5.74, 6) is 0.613. The summed E-state index contributed by atoms with van der Waals surface area (Å²) in [6.45, 7) is 4.18. The van der Waals surface area contributed by atoms with E-state index in [0.29, 0.717) is 15.8 Å². The van der Waals surface area contributed by atoms with Crippen LogP contribution in [0.25, 0.3) is 0 Å². The summed E-state index contributed by atoms with van der Waals surface area (Å²) < 4.78 is 0.408. The summed E-state index contributed by atoms with van der Waals surface area (Å²) >= 11 is 10.9. The van der Waals surface area contributed by atoms with Gasteiger partial charge in [-0.15, -0.1) is 0 Å². The van der Waals surface area contributed by atoms with Crippen molar-refractivity contribution in [3.8, 4) is 0 Å². The summed E-state index contributed by atoms with van der Waals surface area (Å²) in [7, 11) is 0. The molecule has 0 aliphatic heterocycles. The van der Waals surface area contributed by atoms with Gasteiger partial charge in [-0.05, 0) is 17.8 Å². The third kappa shape index (κ3) is 4.62. The van der Waals surface area contributed by atoms with Gasteiger partial charge in [-0.3, -0.25) is 4.79 Å². The Balaban J connectivity index is 0.000000354. The van der Waals surface area contributed by atoms with Gasteiger partial charge < -0.3 is 5.11 Å². The van der Waals surface area contributed by atoms with Crippen molar-refractivity contribution in [2.24, 2.45) is 11.3 Å². The van der Waals surface area contributed by atoms with Crippen molar-refractivity contribution in [3.63, 3.8) is 0 Å². The maximum atomic E-state index is 8.36. The number of hydrogen-bond donors (Lipinski definition) is 1. The van der Waals surface area contributed by atoms with Crippen molar-refractivity contribution in [3.05, 3.63) is 10.6 Å². The van der Waals surface area contributed by atoms with Crippen LogP contribution >= 0.6 is 23.2 Å². The third-order valence-electron chi connectivity index (χ3n) is 1.92. The predicted molar refractivity (Wildman–Crippen MR) is 50.4 cm³/mol. The van der Waals surface area contributed by atoms with E-state index in [4.69, 9.17) is 33.1 Å². The molecular formula is C8H12Cl2O2. The Bertz CT molecular complexity index is 183. The van der Waals surface area contributed by atoms with Crippen LogP contribution in [-0.2, 0) is 4.79 Å². The van der Waals surface area contributed by atoms with Gasteiger partial charge in [-0.2, -0.15) is 0 Å². The molecule has 70 valence electrons. The molecule has 0 aromatic carbocycles. The zero-order valence-electron chi connectivity index (χ0n) is 7.05. The van der Waals surface area contributed by atoms with Crippen molar-refractivity contribution < 1.29 is 9.90 Å². The second kappa shape index (κ2) is 4.73. The number of halogens is 2. The van der Waals surface area contributed by atoms with Crippen molar-refractivity contribution >= 4 is 29.7 Å². The fourth-order valence-corrected chi connectivity index (χ4v) is 1.25. The van der Waals surface area contributed by atoms with E-state index in [2.05, 4.69) is 13.8 Å². The molecule has 0 bridgehead atoms. The summed E-state index contributed by atoms with van der Waals surface area (Å²) in [4.78, 5) is 8.36. The van der Waals surface area contributed by atoms with Crippen LogP contribution in [0.4, 0.5) is 0 Å². The SMILES string of the molecule is CC1(C)C[C@H]1C=C(Cl)Cl.O=CO. The van der Waals surface area contributed by atoms with Crippen molar-refractivity contribution in [1.29, 1.82) is 0 Å². The fraction of sp³-hybridized carbons (Fsp3) is 0.625. The summed E-state index contributed by atoms with van der Waals surface area (Å²) in [6, 6.07) is 0. The van der Waals surface area contributed by atoms with Gasteiger partial charge in [0.15, 0.2) is 0 Å². The number of allylic oxidation sites excluding steroid dienone is 1. The molecule has 0 amide bonds. The summed E-state index contributed by atoms with van der Waals surface area (Å²) in [5, 5.41) is 6.89. The first kappa shape index (κ1) is 11.8. The molecule has 0 heterocycles. The highest BCUT2D eigenvalue weighted by atomic mass is 35.5. The Labute approximate surface area is 82.2 Å². The Kier molecular flexibility index (Phi) is 4.64. The smallest absolute Gasteiger partial charge is 0.290 e. The van der Waals surface area contributed by atoms with Gasteiger partial charge in [0.1, 0.15) is 4.49 Å². The first-order valence-electron chi connectivity index (χ1n) is 3.54. The van der Waals surface area contributed by atoms with E-state index in [1.165, 1.54) is 6.42 Å². The first-order valence-corrected chi connectivity index (χ1v) is 4.30. The monoisotopic (exact) mass is 210 g/mol. The maximum Gasteiger partial charge on any atom is 0.290 e. The van der Waals surface area contributed by atoms with Crippen LogP contribution in [0.5, 0.6) is 0 Å². The molecule has 1 atom stereocenters. The number of hydrogen-bond acceptors (Lipinski definition) is 1. The minimum Gasteiger partial charge on any atom is -0.483 e. The van der Waals surface area contributed by atoms with E-state index < -0.39 is 0 Å². The maximum absolute atomic E-state index is 8.36. The zero-order valence-corrected chi connectivity index (χ0v) is 8.56. The summed E-state index contributed by atoms with van der Waals surface area (Å²) in [5.41, 5.74) is 0.453. The molecule has 0 spiro atoms.